The van der Waals surface area contributed by atoms with E-state index < -0.39 is 17.6 Å². The molecular formula is C13H18ClNO2. The van der Waals surface area contributed by atoms with Crippen LogP contribution in [0.15, 0.2) is 24.3 Å². The van der Waals surface area contributed by atoms with E-state index in [1.165, 1.54) is 0 Å². The zero-order valence-electron chi connectivity index (χ0n) is 10.4. The molecule has 0 heterocycles. The lowest BCUT2D eigenvalue weighted by molar-refractivity contribution is -0.156. The first-order chi connectivity index (χ1) is 7.78. The van der Waals surface area contributed by atoms with Gasteiger partial charge in [-0.1, -0.05) is 23.7 Å². The maximum absolute atomic E-state index is 11.7. The maximum atomic E-state index is 11.7. The Morgan fingerprint density at radius 3 is 2.65 bits per heavy atom. The Hall–Kier alpha value is -1.06. The highest BCUT2D eigenvalue weighted by Crippen LogP contribution is 2.13. The van der Waals surface area contributed by atoms with Crippen LogP contribution in [0.5, 0.6) is 0 Å². The van der Waals surface area contributed by atoms with E-state index in [2.05, 4.69) is 0 Å². The molecule has 0 fully saturated rings. The minimum atomic E-state index is -0.660. The summed E-state index contributed by atoms with van der Waals surface area (Å²) in [6.45, 7) is 5.45. The van der Waals surface area contributed by atoms with Gasteiger partial charge in [-0.05, 0) is 44.9 Å². The fourth-order valence-corrected chi connectivity index (χ4v) is 1.59. The van der Waals surface area contributed by atoms with Gasteiger partial charge in [-0.2, -0.15) is 0 Å². The number of nitrogens with two attached hydrogens (primary N) is 1. The minimum absolute atomic E-state index is 0.391. The molecule has 17 heavy (non-hydrogen) atoms. The first-order valence-corrected chi connectivity index (χ1v) is 5.88. The summed E-state index contributed by atoms with van der Waals surface area (Å²) in [7, 11) is 0. The lowest BCUT2D eigenvalue weighted by Crippen LogP contribution is -2.38. The second-order valence-corrected chi connectivity index (χ2v) is 5.41. The van der Waals surface area contributed by atoms with Gasteiger partial charge in [0.25, 0.3) is 0 Å². The number of rotatable bonds is 3. The van der Waals surface area contributed by atoms with Crippen molar-refractivity contribution in [3.8, 4) is 0 Å². The summed E-state index contributed by atoms with van der Waals surface area (Å²) in [6, 6.07) is 6.64. The fraction of sp³-hybridized carbons (Fsp3) is 0.462. The van der Waals surface area contributed by atoms with Crippen LogP contribution < -0.4 is 5.73 Å². The molecule has 4 heteroatoms. The van der Waals surface area contributed by atoms with Crippen LogP contribution in [0.3, 0.4) is 0 Å². The van der Waals surface area contributed by atoms with Crippen LogP contribution in [0.2, 0.25) is 5.02 Å². The van der Waals surface area contributed by atoms with E-state index in [1.54, 1.807) is 12.1 Å². The van der Waals surface area contributed by atoms with Gasteiger partial charge in [-0.3, -0.25) is 4.79 Å². The van der Waals surface area contributed by atoms with Crippen LogP contribution >= 0.6 is 11.6 Å². The van der Waals surface area contributed by atoms with Gasteiger partial charge in [0.05, 0.1) is 0 Å². The summed E-state index contributed by atoms with van der Waals surface area (Å²) in [5.74, 6) is -0.391. The summed E-state index contributed by atoms with van der Waals surface area (Å²) < 4.78 is 5.21. The average molecular weight is 256 g/mol. The van der Waals surface area contributed by atoms with Crippen molar-refractivity contribution in [2.45, 2.75) is 38.8 Å². The highest BCUT2D eigenvalue weighted by Gasteiger charge is 2.22. The standard InChI is InChI=1S/C13H18ClNO2/c1-13(2,3)17-12(16)11(15)8-9-5-4-6-10(14)7-9/h4-7,11H,8,15H2,1-3H3. The number of halogens is 1. The van der Waals surface area contributed by atoms with E-state index in [0.717, 1.165) is 5.56 Å². The smallest absolute Gasteiger partial charge is 0.323 e. The summed E-state index contributed by atoms with van der Waals surface area (Å²) in [4.78, 5) is 11.7. The first kappa shape index (κ1) is 14.0. The van der Waals surface area contributed by atoms with Crippen LogP contribution in [0, 0.1) is 0 Å². The summed E-state index contributed by atoms with van der Waals surface area (Å²) in [6.07, 6.45) is 0.426. The van der Waals surface area contributed by atoms with Gasteiger partial charge < -0.3 is 10.5 Å². The molecule has 1 atom stereocenters. The highest BCUT2D eigenvalue weighted by atomic mass is 35.5. The third kappa shape index (κ3) is 5.20. The van der Waals surface area contributed by atoms with E-state index in [1.807, 2.05) is 32.9 Å². The van der Waals surface area contributed by atoms with E-state index in [4.69, 9.17) is 22.1 Å². The zero-order valence-corrected chi connectivity index (χ0v) is 11.1. The summed E-state index contributed by atoms with van der Waals surface area (Å²) >= 11 is 5.86. The van der Waals surface area contributed by atoms with Crippen LogP contribution in [-0.4, -0.2) is 17.6 Å². The fourth-order valence-electron chi connectivity index (χ4n) is 1.38. The number of esters is 1. The van der Waals surface area contributed by atoms with Crippen molar-refractivity contribution >= 4 is 17.6 Å². The Bertz CT molecular complexity index is 399. The van der Waals surface area contributed by atoms with E-state index in [0.29, 0.717) is 11.4 Å². The van der Waals surface area contributed by atoms with Gasteiger partial charge in [0.1, 0.15) is 11.6 Å². The minimum Gasteiger partial charge on any atom is -0.459 e. The predicted molar refractivity (Wildman–Crippen MR) is 69.0 cm³/mol. The van der Waals surface area contributed by atoms with Gasteiger partial charge in [0.15, 0.2) is 0 Å². The molecule has 1 aromatic rings. The molecule has 0 radical (unpaired) electrons. The lowest BCUT2D eigenvalue weighted by Gasteiger charge is -2.22. The van der Waals surface area contributed by atoms with E-state index >= 15 is 0 Å². The number of carbonyl (C=O) groups is 1. The molecule has 0 aliphatic heterocycles. The molecular weight excluding hydrogens is 238 g/mol. The third-order valence-corrected chi connectivity index (χ3v) is 2.29. The van der Waals surface area contributed by atoms with Gasteiger partial charge in [0.2, 0.25) is 0 Å². The van der Waals surface area contributed by atoms with Crippen molar-refractivity contribution in [3.63, 3.8) is 0 Å². The largest absolute Gasteiger partial charge is 0.459 e. The van der Waals surface area contributed by atoms with Gasteiger partial charge in [-0.15, -0.1) is 0 Å². The van der Waals surface area contributed by atoms with E-state index in [-0.39, 0.29) is 0 Å². The van der Waals surface area contributed by atoms with Crippen molar-refractivity contribution < 1.29 is 9.53 Å². The topological polar surface area (TPSA) is 52.3 Å². The van der Waals surface area contributed by atoms with Crippen LogP contribution in [0.25, 0.3) is 0 Å². The monoisotopic (exact) mass is 255 g/mol. The van der Waals surface area contributed by atoms with Crippen molar-refractivity contribution in [3.05, 3.63) is 34.9 Å². The molecule has 1 unspecified atom stereocenters. The number of hydrogen-bond acceptors (Lipinski definition) is 3. The van der Waals surface area contributed by atoms with Gasteiger partial charge >= 0.3 is 5.97 Å². The molecule has 0 aromatic heterocycles. The zero-order chi connectivity index (χ0) is 13.1. The van der Waals surface area contributed by atoms with Crippen molar-refractivity contribution in [2.24, 2.45) is 5.73 Å². The predicted octanol–water partition coefficient (Wildman–Crippen LogP) is 2.55. The molecule has 0 aliphatic rings. The number of carbonyl (C=O) groups excluding carboxylic acids is 1. The molecule has 0 amide bonds. The Labute approximate surface area is 107 Å². The van der Waals surface area contributed by atoms with Crippen LogP contribution in [0.4, 0.5) is 0 Å². The summed E-state index contributed by atoms with van der Waals surface area (Å²) in [5, 5.41) is 0.638. The SMILES string of the molecule is CC(C)(C)OC(=O)C(N)Cc1cccc(Cl)c1. The molecule has 1 rings (SSSR count). The molecule has 0 saturated heterocycles. The lowest BCUT2D eigenvalue weighted by atomic mass is 10.1. The molecule has 0 saturated carbocycles. The Kier molecular flexibility index (Phi) is 4.54. The quantitative estimate of drug-likeness (QED) is 0.845. The molecule has 0 aliphatic carbocycles. The second kappa shape index (κ2) is 5.52. The number of ether oxygens (including phenoxy) is 1. The Balaban J connectivity index is 2.60. The molecule has 0 bridgehead atoms. The summed E-state index contributed by atoms with van der Waals surface area (Å²) in [5.41, 5.74) is 6.20. The first-order valence-electron chi connectivity index (χ1n) is 5.51. The number of benzene rings is 1. The van der Waals surface area contributed by atoms with Crippen molar-refractivity contribution in [2.75, 3.05) is 0 Å². The van der Waals surface area contributed by atoms with Crippen molar-refractivity contribution in [1.82, 2.24) is 0 Å². The van der Waals surface area contributed by atoms with E-state index in [9.17, 15) is 4.79 Å². The number of hydrogen-bond donors (Lipinski definition) is 1. The molecule has 0 spiro atoms. The Morgan fingerprint density at radius 1 is 1.47 bits per heavy atom. The van der Waals surface area contributed by atoms with Gasteiger partial charge in [0, 0.05) is 5.02 Å². The maximum Gasteiger partial charge on any atom is 0.323 e. The molecule has 1 aromatic carbocycles. The second-order valence-electron chi connectivity index (χ2n) is 4.97. The molecule has 94 valence electrons. The third-order valence-electron chi connectivity index (χ3n) is 2.05. The Morgan fingerprint density at radius 2 is 2.12 bits per heavy atom. The highest BCUT2D eigenvalue weighted by molar-refractivity contribution is 6.30. The van der Waals surface area contributed by atoms with Gasteiger partial charge in [-0.25, -0.2) is 0 Å². The average Bonchev–Trinajstić information content (AvgIpc) is 2.14. The normalized spacial score (nSPS) is 13.2. The van der Waals surface area contributed by atoms with Crippen molar-refractivity contribution in [1.29, 1.82) is 0 Å². The van der Waals surface area contributed by atoms with Crippen LogP contribution in [0.1, 0.15) is 26.3 Å². The van der Waals surface area contributed by atoms with Crippen LogP contribution in [-0.2, 0) is 16.0 Å². The molecule has 3 nitrogen and oxygen atoms in total. The molecule has 2 N–H and O–H groups in total.